The van der Waals surface area contributed by atoms with Crippen molar-refractivity contribution in [1.29, 1.82) is 0 Å². The highest BCUT2D eigenvalue weighted by Crippen LogP contribution is 2.22. The van der Waals surface area contributed by atoms with E-state index in [1.54, 1.807) is 26.0 Å². The molecule has 1 amide bonds. The monoisotopic (exact) mass is 236 g/mol. The standard InChI is InChI=1S/C12H16N2O3/c1-7-4-5-10(8(2)14-16)11(6-7)17-9(3)12(13)15/h4-6,9,16H,1-3H3,(H2,13,15)/b14-8+. The Morgan fingerprint density at radius 2 is 2.18 bits per heavy atom. The molecule has 0 bridgehead atoms. The first kappa shape index (κ1) is 13.0. The van der Waals surface area contributed by atoms with Gasteiger partial charge in [0.15, 0.2) is 6.10 Å². The van der Waals surface area contributed by atoms with Gasteiger partial charge in [-0.1, -0.05) is 11.2 Å². The maximum atomic E-state index is 11.0. The lowest BCUT2D eigenvalue weighted by molar-refractivity contribution is -0.123. The molecule has 0 aliphatic rings. The molecule has 1 atom stereocenters. The highest BCUT2D eigenvalue weighted by molar-refractivity contribution is 6.00. The minimum absolute atomic E-state index is 0.414. The summed E-state index contributed by atoms with van der Waals surface area (Å²) in [5, 5.41) is 11.9. The Balaban J connectivity index is 3.12. The van der Waals surface area contributed by atoms with Crippen molar-refractivity contribution in [3.05, 3.63) is 29.3 Å². The van der Waals surface area contributed by atoms with E-state index in [0.717, 1.165) is 5.56 Å². The van der Waals surface area contributed by atoms with Crippen molar-refractivity contribution in [2.24, 2.45) is 10.9 Å². The summed E-state index contributed by atoms with van der Waals surface area (Å²) in [6.45, 7) is 5.11. The highest BCUT2D eigenvalue weighted by atomic mass is 16.5. The highest BCUT2D eigenvalue weighted by Gasteiger charge is 2.14. The predicted octanol–water partition coefficient (Wildman–Crippen LogP) is 1.45. The molecule has 5 heteroatoms. The molecule has 0 spiro atoms. The molecule has 0 fully saturated rings. The molecular formula is C12H16N2O3. The van der Waals surface area contributed by atoms with Crippen LogP contribution < -0.4 is 10.5 Å². The molecule has 0 saturated heterocycles. The minimum Gasteiger partial charge on any atom is -0.480 e. The van der Waals surface area contributed by atoms with Crippen LogP contribution in [0.25, 0.3) is 0 Å². The molecule has 5 nitrogen and oxygen atoms in total. The van der Waals surface area contributed by atoms with Gasteiger partial charge in [-0.3, -0.25) is 4.79 Å². The number of aryl methyl sites for hydroxylation is 1. The van der Waals surface area contributed by atoms with E-state index < -0.39 is 12.0 Å². The van der Waals surface area contributed by atoms with Crippen LogP contribution in [0.1, 0.15) is 25.0 Å². The SMILES string of the molecule is C/C(=N\O)c1ccc(C)cc1OC(C)C(N)=O. The summed E-state index contributed by atoms with van der Waals surface area (Å²) >= 11 is 0. The lowest BCUT2D eigenvalue weighted by Crippen LogP contribution is -2.31. The van der Waals surface area contributed by atoms with Crippen LogP contribution in [0.3, 0.4) is 0 Å². The number of carbonyl (C=O) groups is 1. The van der Waals surface area contributed by atoms with Gasteiger partial charge in [-0.15, -0.1) is 0 Å². The number of oxime groups is 1. The fourth-order valence-electron chi connectivity index (χ4n) is 1.33. The Labute approximate surface area is 99.9 Å². The normalized spacial score (nSPS) is 13.2. The Hall–Kier alpha value is -2.04. The molecule has 0 aliphatic carbocycles. The third-order valence-electron chi connectivity index (χ3n) is 2.38. The zero-order valence-corrected chi connectivity index (χ0v) is 10.1. The first-order chi connectivity index (χ1) is 7.95. The average Bonchev–Trinajstić information content (AvgIpc) is 2.28. The molecule has 1 aromatic rings. The molecule has 1 rings (SSSR count). The quantitative estimate of drug-likeness (QED) is 0.471. The minimum atomic E-state index is -0.734. The number of benzene rings is 1. The van der Waals surface area contributed by atoms with Crippen molar-refractivity contribution in [1.82, 2.24) is 0 Å². The van der Waals surface area contributed by atoms with Gasteiger partial charge in [0.2, 0.25) is 0 Å². The van der Waals surface area contributed by atoms with Gasteiger partial charge in [0.1, 0.15) is 5.75 Å². The maximum Gasteiger partial charge on any atom is 0.258 e. The summed E-state index contributed by atoms with van der Waals surface area (Å²) in [6, 6.07) is 5.41. The lowest BCUT2D eigenvalue weighted by Gasteiger charge is -2.15. The summed E-state index contributed by atoms with van der Waals surface area (Å²) in [5.41, 5.74) is 7.16. The Morgan fingerprint density at radius 1 is 1.53 bits per heavy atom. The molecule has 3 N–H and O–H groups in total. The smallest absolute Gasteiger partial charge is 0.258 e. The van der Waals surface area contributed by atoms with Crippen molar-refractivity contribution in [2.45, 2.75) is 26.9 Å². The first-order valence-electron chi connectivity index (χ1n) is 5.21. The van der Waals surface area contributed by atoms with Crippen molar-refractivity contribution < 1.29 is 14.7 Å². The third kappa shape index (κ3) is 3.21. The predicted molar refractivity (Wildman–Crippen MR) is 64.5 cm³/mol. The first-order valence-corrected chi connectivity index (χ1v) is 5.21. The summed E-state index contributed by atoms with van der Waals surface area (Å²) in [7, 11) is 0. The number of amides is 1. The lowest BCUT2D eigenvalue weighted by atomic mass is 10.1. The van der Waals surface area contributed by atoms with E-state index in [2.05, 4.69) is 5.16 Å². The van der Waals surface area contributed by atoms with Crippen LogP contribution in [0.2, 0.25) is 0 Å². The van der Waals surface area contributed by atoms with Crippen molar-refractivity contribution in [3.8, 4) is 5.75 Å². The zero-order valence-electron chi connectivity index (χ0n) is 10.1. The van der Waals surface area contributed by atoms with E-state index in [0.29, 0.717) is 17.0 Å². The van der Waals surface area contributed by atoms with Crippen molar-refractivity contribution >= 4 is 11.6 Å². The van der Waals surface area contributed by atoms with Crippen LogP contribution >= 0.6 is 0 Å². The Morgan fingerprint density at radius 3 is 2.71 bits per heavy atom. The molecule has 0 aromatic heterocycles. The molecular weight excluding hydrogens is 220 g/mol. The zero-order chi connectivity index (χ0) is 13.0. The molecule has 0 aliphatic heterocycles. The number of nitrogens with two attached hydrogens (primary N) is 1. The van der Waals surface area contributed by atoms with Crippen LogP contribution in [0.15, 0.2) is 23.4 Å². The van der Waals surface area contributed by atoms with Gasteiger partial charge in [-0.25, -0.2) is 0 Å². The summed E-state index contributed by atoms with van der Waals surface area (Å²) in [4.78, 5) is 11.0. The number of nitrogens with zero attached hydrogens (tertiary/aromatic N) is 1. The summed E-state index contributed by atoms with van der Waals surface area (Å²) in [5.74, 6) is -0.0670. The second-order valence-electron chi connectivity index (χ2n) is 3.85. The van der Waals surface area contributed by atoms with E-state index in [-0.39, 0.29) is 0 Å². The van der Waals surface area contributed by atoms with Crippen LogP contribution in [-0.2, 0) is 4.79 Å². The fourth-order valence-corrected chi connectivity index (χ4v) is 1.33. The van der Waals surface area contributed by atoms with Crippen molar-refractivity contribution in [3.63, 3.8) is 0 Å². The Bertz CT molecular complexity index is 455. The molecule has 1 unspecified atom stereocenters. The van der Waals surface area contributed by atoms with E-state index in [1.807, 2.05) is 13.0 Å². The molecule has 0 radical (unpaired) electrons. The molecule has 92 valence electrons. The molecule has 0 heterocycles. The van der Waals surface area contributed by atoms with Crippen LogP contribution in [-0.4, -0.2) is 22.9 Å². The number of primary amides is 1. The molecule has 1 aromatic carbocycles. The van der Waals surface area contributed by atoms with Gasteiger partial charge in [0, 0.05) is 5.56 Å². The van der Waals surface area contributed by atoms with Gasteiger partial charge in [0.25, 0.3) is 5.91 Å². The third-order valence-corrected chi connectivity index (χ3v) is 2.38. The van der Waals surface area contributed by atoms with Gasteiger partial charge in [0.05, 0.1) is 5.71 Å². The van der Waals surface area contributed by atoms with E-state index in [1.165, 1.54) is 0 Å². The van der Waals surface area contributed by atoms with Gasteiger partial charge in [-0.2, -0.15) is 0 Å². The Kier molecular flexibility index (Phi) is 4.09. The summed E-state index contributed by atoms with van der Waals surface area (Å²) < 4.78 is 5.44. The van der Waals surface area contributed by atoms with E-state index >= 15 is 0 Å². The van der Waals surface area contributed by atoms with Crippen LogP contribution in [0.4, 0.5) is 0 Å². The number of rotatable bonds is 4. The molecule has 0 saturated carbocycles. The fraction of sp³-hybridized carbons (Fsp3) is 0.333. The van der Waals surface area contributed by atoms with Gasteiger partial charge in [-0.05, 0) is 38.5 Å². The second-order valence-corrected chi connectivity index (χ2v) is 3.85. The van der Waals surface area contributed by atoms with Crippen molar-refractivity contribution in [2.75, 3.05) is 0 Å². The number of carbonyl (C=O) groups excluding carboxylic acids is 1. The van der Waals surface area contributed by atoms with E-state index in [4.69, 9.17) is 15.7 Å². The number of ether oxygens (including phenoxy) is 1. The van der Waals surface area contributed by atoms with Crippen LogP contribution in [0.5, 0.6) is 5.75 Å². The maximum absolute atomic E-state index is 11.0. The molecule has 17 heavy (non-hydrogen) atoms. The van der Waals surface area contributed by atoms with Gasteiger partial charge < -0.3 is 15.7 Å². The number of hydrogen-bond donors (Lipinski definition) is 2. The largest absolute Gasteiger partial charge is 0.480 e. The van der Waals surface area contributed by atoms with Crippen LogP contribution in [0, 0.1) is 6.92 Å². The number of hydrogen-bond acceptors (Lipinski definition) is 4. The summed E-state index contributed by atoms with van der Waals surface area (Å²) in [6.07, 6.45) is -0.734. The average molecular weight is 236 g/mol. The van der Waals surface area contributed by atoms with Gasteiger partial charge >= 0.3 is 0 Å². The van der Waals surface area contributed by atoms with E-state index in [9.17, 15) is 4.79 Å². The second kappa shape index (κ2) is 5.34. The topological polar surface area (TPSA) is 84.9 Å².